The van der Waals surface area contributed by atoms with Gasteiger partial charge in [0, 0.05) is 11.1 Å². The van der Waals surface area contributed by atoms with Gasteiger partial charge in [-0.05, 0) is 37.3 Å². The van der Waals surface area contributed by atoms with E-state index in [1.807, 2.05) is 0 Å². The first-order valence-electron chi connectivity index (χ1n) is 6.00. The van der Waals surface area contributed by atoms with Gasteiger partial charge in [-0.2, -0.15) is 0 Å². The number of benzene rings is 1. The first kappa shape index (κ1) is 15.7. The summed E-state index contributed by atoms with van der Waals surface area (Å²) >= 11 is 6.82. The number of halogens is 3. The van der Waals surface area contributed by atoms with E-state index in [1.54, 1.807) is 19.1 Å². The molecule has 1 unspecified atom stereocenters. The first-order valence-corrected chi connectivity index (χ1v) is 7.25. The maximum Gasteiger partial charge on any atom is 0.238 e. The molecule has 0 bridgehead atoms. The van der Waals surface area contributed by atoms with Gasteiger partial charge in [-0.15, -0.1) is 11.8 Å². The number of aromatic nitrogens is 1. The summed E-state index contributed by atoms with van der Waals surface area (Å²) in [4.78, 5) is 16.4. The summed E-state index contributed by atoms with van der Waals surface area (Å²) in [5.74, 6) is -1.77. The van der Waals surface area contributed by atoms with Crippen LogP contribution in [0.5, 0.6) is 0 Å². The molecular weight excluding hydrogens is 318 g/mol. The summed E-state index contributed by atoms with van der Waals surface area (Å²) in [6, 6.07) is 6.70. The number of carbonyl (C=O) groups is 1. The summed E-state index contributed by atoms with van der Waals surface area (Å²) in [5, 5.41) is 2.59. The van der Waals surface area contributed by atoms with Crippen LogP contribution in [0.3, 0.4) is 0 Å². The highest BCUT2D eigenvalue weighted by Gasteiger charge is 2.16. The normalized spacial score (nSPS) is 12.0. The number of thioether (sulfide) groups is 1. The lowest BCUT2D eigenvalue weighted by atomic mass is 10.3. The molecule has 0 aliphatic rings. The van der Waals surface area contributed by atoms with Crippen LogP contribution in [0, 0.1) is 11.6 Å². The molecule has 0 saturated carbocycles. The molecule has 110 valence electrons. The highest BCUT2D eigenvalue weighted by atomic mass is 35.5. The van der Waals surface area contributed by atoms with Crippen molar-refractivity contribution in [3.05, 3.63) is 53.2 Å². The van der Waals surface area contributed by atoms with Crippen molar-refractivity contribution in [2.24, 2.45) is 0 Å². The summed E-state index contributed by atoms with van der Waals surface area (Å²) in [6.45, 7) is 1.66. The summed E-state index contributed by atoms with van der Waals surface area (Å²) in [7, 11) is 0. The molecular formula is C14H11ClF2N2OS. The predicted octanol–water partition coefficient (Wildman–Crippen LogP) is 4.13. The molecule has 2 aromatic rings. The number of hydrogen-bond acceptors (Lipinski definition) is 3. The quantitative estimate of drug-likeness (QED) is 0.858. The number of pyridine rings is 1. The number of hydrogen-bond donors (Lipinski definition) is 1. The van der Waals surface area contributed by atoms with E-state index in [0.29, 0.717) is 15.7 Å². The molecule has 1 heterocycles. The van der Waals surface area contributed by atoms with Crippen molar-refractivity contribution in [2.75, 3.05) is 5.32 Å². The standard InChI is InChI=1S/C14H11ClF2N2OS/c1-8(21-10-3-4-11(16)12(17)6-10)14(20)19-13-5-2-9(15)7-18-13/h2-8H,1H3,(H,18,19,20). The Hall–Kier alpha value is -1.66. The second-order valence-corrected chi connectivity index (χ2v) is 6.04. The number of carbonyl (C=O) groups excluding carboxylic acids is 1. The van der Waals surface area contributed by atoms with Crippen LogP contribution in [0.1, 0.15) is 6.92 Å². The van der Waals surface area contributed by atoms with E-state index in [-0.39, 0.29) is 5.91 Å². The number of anilines is 1. The fourth-order valence-electron chi connectivity index (χ4n) is 1.49. The molecule has 0 radical (unpaired) electrons. The Kier molecular flexibility index (Phi) is 5.14. The number of amides is 1. The van der Waals surface area contributed by atoms with Gasteiger partial charge < -0.3 is 5.32 Å². The van der Waals surface area contributed by atoms with Gasteiger partial charge in [0.1, 0.15) is 5.82 Å². The second kappa shape index (κ2) is 6.87. The highest BCUT2D eigenvalue weighted by Crippen LogP contribution is 2.25. The second-order valence-electron chi connectivity index (χ2n) is 4.19. The Bertz CT molecular complexity index is 652. The van der Waals surface area contributed by atoms with Crippen LogP contribution in [-0.2, 0) is 4.79 Å². The smallest absolute Gasteiger partial charge is 0.238 e. The molecule has 21 heavy (non-hydrogen) atoms. The monoisotopic (exact) mass is 328 g/mol. The van der Waals surface area contributed by atoms with E-state index in [0.717, 1.165) is 23.9 Å². The molecule has 2 rings (SSSR count). The first-order chi connectivity index (χ1) is 9.95. The zero-order valence-electron chi connectivity index (χ0n) is 10.9. The molecule has 1 N–H and O–H groups in total. The fraction of sp³-hybridized carbons (Fsp3) is 0.143. The van der Waals surface area contributed by atoms with Gasteiger partial charge in [-0.3, -0.25) is 4.79 Å². The van der Waals surface area contributed by atoms with Gasteiger partial charge in [0.25, 0.3) is 0 Å². The molecule has 0 saturated heterocycles. The van der Waals surface area contributed by atoms with E-state index in [2.05, 4.69) is 10.3 Å². The van der Waals surface area contributed by atoms with Gasteiger partial charge in [0.2, 0.25) is 5.91 Å². The Morgan fingerprint density at radius 1 is 1.29 bits per heavy atom. The largest absolute Gasteiger partial charge is 0.310 e. The number of nitrogens with one attached hydrogen (secondary N) is 1. The van der Waals surface area contributed by atoms with Gasteiger partial charge >= 0.3 is 0 Å². The molecule has 0 spiro atoms. The van der Waals surface area contributed by atoms with Crippen molar-refractivity contribution < 1.29 is 13.6 Å². The van der Waals surface area contributed by atoms with Crippen LogP contribution in [-0.4, -0.2) is 16.1 Å². The average Bonchev–Trinajstić information content (AvgIpc) is 2.45. The van der Waals surface area contributed by atoms with Gasteiger partial charge in [-0.1, -0.05) is 11.6 Å². The molecule has 0 aliphatic heterocycles. The number of nitrogens with zero attached hydrogens (tertiary/aromatic N) is 1. The molecule has 1 aromatic heterocycles. The van der Waals surface area contributed by atoms with Crippen molar-refractivity contribution in [3.8, 4) is 0 Å². The van der Waals surface area contributed by atoms with Gasteiger partial charge in [0.15, 0.2) is 11.6 Å². The third-order valence-electron chi connectivity index (χ3n) is 2.55. The zero-order valence-corrected chi connectivity index (χ0v) is 12.5. The fourth-order valence-corrected chi connectivity index (χ4v) is 2.49. The molecule has 0 fully saturated rings. The molecule has 1 amide bonds. The minimum atomic E-state index is -0.938. The van der Waals surface area contributed by atoms with Crippen molar-refractivity contribution in [3.63, 3.8) is 0 Å². The molecule has 1 atom stereocenters. The van der Waals surface area contributed by atoms with Crippen molar-refractivity contribution in [1.82, 2.24) is 4.98 Å². The van der Waals surface area contributed by atoms with E-state index in [4.69, 9.17) is 11.6 Å². The van der Waals surface area contributed by atoms with Crippen LogP contribution in [0.4, 0.5) is 14.6 Å². The Morgan fingerprint density at radius 2 is 2.05 bits per heavy atom. The summed E-state index contributed by atoms with van der Waals surface area (Å²) in [5.41, 5.74) is 0. The lowest BCUT2D eigenvalue weighted by molar-refractivity contribution is -0.115. The predicted molar refractivity (Wildman–Crippen MR) is 79.6 cm³/mol. The average molecular weight is 329 g/mol. The maximum atomic E-state index is 13.1. The third-order valence-corrected chi connectivity index (χ3v) is 3.87. The van der Waals surface area contributed by atoms with Crippen molar-refractivity contribution in [1.29, 1.82) is 0 Å². The Labute approximate surface area is 129 Å². The molecule has 7 heteroatoms. The van der Waals surface area contributed by atoms with E-state index >= 15 is 0 Å². The Balaban J connectivity index is 1.98. The minimum Gasteiger partial charge on any atom is -0.310 e. The van der Waals surface area contributed by atoms with Gasteiger partial charge in [-0.25, -0.2) is 13.8 Å². The molecule has 0 aliphatic carbocycles. The van der Waals surface area contributed by atoms with E-state index in [9.17, 15) is 13.6 Å². The lowest BCUT2D eigenvalue weighted by Gasteiger charge is -2.11. The van der Waals surface area contributed by atoms with E-state index in [1.165, 1.54) is 12.3 Å². The van der Waals surface area contributed by atoms with Crippen LogP contribution in [0.2, 0.25) is 5.02 Å². The summed E-state index contributed by atoms with van der Waals surface area (Å²) < 4.78 is 25.9. The SMILES string of the molecule is CC(Sc1ccc(F)c(F)c1)C(=O)Nc1ccc(Cl)cn1. The van der Waals surface area contributed by atoms with Crippen LogP contribution in [0.25, 0.3) is 0 Å². The summed E-state index contributed by atoms with van der Waals surface area (Å²) in [6.07, 6.45) is 1.42. The maximum absolute atomic E-state index is 13.1. The highest BCUT2D eigenvalue weighted by molar-refractivity contribution is 8.00. The van der Waals surface area contributed by atoms with Crippen LogP contribution >= 0.6 is 23.4 Å². The zero-order chi connectivity index (χ0) is 15.4. The van der Waals surface area contributed by atoms with Gasteiger partial charge in [0.05, 0.1) is 10.3 Å². The Morgan fingerprint density at radius 3 is 2.67 bits per heavy atom. The lowest BCUT2D eigenvalue weighted by Crippen LogP contribution is -2.22. The van der Waals surface area contributed by atoms with E-state index < -0.39 is 16.9 Å². The topological polar surface area (TPSA) is 42.0 Å². The minimum absolute atomic E-state index is 0.292. The third kappa shape index (κ3) is 4.41. The van der Waals surface area contributed by atoms with Crippen molar-refractivity contribution in [2.45, 2.75) is 17.1 Å². The molecule has 3 nitrogen and oxygen atoms in total. The number of rotatable bonds is 4. The van der Waals surface area contributed by atoms with Crippen LogP contribution in [0.15, 0.2) is 41.4 Å². The van der Waals surface area contributed by atoms with Crippen molar-refractivity contribution >= 4 is 35.1 Å². The molecule has 1 aromatic carbocycles. The van der Waals surface area contributed by atoms with Crippen LogP contribution < -0.4 is 5.32 Å².